The Morgan fingerprint density at radius 3 is 2.72 bits per heavy atom. The highest BCUT2D eigenvalue weighted by molar-refractivity contribution is 5.74. The molecule has 0 bridgehead atoms. The van der Waals surface area contributed by atoms with E-state index in [1.54, 1.807) is 19.3 Å². The average molecular weight is 254 g/mol. The number of hydrogen-bond donors (Lipinski definition) is 3. The van der Waals surface area contributed by atoms with Gasteiger partial charge in [-0.05, 0) is 18.6 Å². The smallest absolute Gasteiger partial charge is 0.314 e. The van der Waals surface area contributed by atoms with Crippen molar-refractivity contribution in [2.45, 2.75) is 19.8 Å². The Hall–Kier alpha value is -1.98. The van der Waals surface area contributed by atoms with E-state index in [4.69, 9.17) is 9.52 Å². The van der Waals surface area contributed by atoms with E-state index in [1.165, 1.54) is 0 Å². The van der Waals surface area contributed by atoms with Crippen molar-refractivity contribution < 1.29 is 19.1 Å². The second kappa shape index (κ2) is 7.37. The number of urea groups is 1. The van der Waals surface area contributed by atoms with E-state index in [0.717, 1.165) is 5.76 Å². The van der Waals surface area contributed by atoms with Gasteiger partial charge >= 0.3 is 12.0 Å². The summed E-state index contributed by atoms with van der Waals surface area (Å²) in [4.78, 5) is 21.9. The fourth-order valence-corrected chi connectivity index (χ4v) is 1.34. The quantitative estimate of drug-likeness (QED) is 0.682. The zero-order chi connectivity index (χ0) is 13.4. The van der Waals surface area contributed by atoms with Crippen LogP contribution in [-0.2, 0) is 11.2 Å². The number of furan rings is 1. The highest BCUT2D eigenvalue weighted by Gasteiger charge is 2.10. The van der Waals surface area contributed by atoms with Gasteiger partial charge in [-0.2, -0.15) is 0 Å². The Morgan fingerprint density at radius 2 is 2.11 bits per heavy atom. The van der Waals surface area contributed by atoms with Crippen molar-refractivity contribution in [1.82, 2.24) is 10.6 Å². The maximum Gasteiger partial charge on any atom is 0.314 e. The third-order valence-electron chi connectivity index (χ3n) is 2.52. The van der Waals surface area contributed by atoms with Gasteiger partial charge in [0.2, 0.25) is 0 Å². The molecule has 0 aliphatic carbocycles. The fraction of sp³-hybridized carbons (Fsp3) is 0.500. The van der Waals surface area contributed by atoms with Crippen LogP contribution in [0.15, 0.2) is 22.8 Å². The van der Waals surface area contributed by atoms with E-state index >= 15 is 0 Å². The predicted molar refractivity (Wildman–Crippen MR) is 65.2 cm³/mol. The van der Waals surface area contributed by atoms with Crippen molar-refractivity contribution in [1.29, 1.82) is 0 Å². The van der Waals surface area contributed by atoms with Crippen molar-refractivity contribution >= 4 is 12.0 Å². The first-order valence-corrected chi connectivity index (χ1v) is 5.86. The van der Waals surface area contributed by atoms with E-state index < -0.39 is 11.9 Å². The zero-order valence-electron chi connectivity index (χ0n) is 10.3. The lowest BCUT2D eigenvalue weighted by molar-refractivity contribution is -0.141. The summed E-state index contributed by atoms with van der Waals surface area (Å²) < 4.78 is 5.12. The topological polar surface area (TPSA) is 91.6 Å². The van der Waals surface area contributed by atoms with Crippen molar-refractivity contribution in [3.05, 3.63) is 24.2 Å². The number of aliphatic carboxylic acids is 1. The molecule has 3 N–H and O–H groups in total. The van der Waals surface area contributed by atoms with Crippen molar-refractivity contribution in [2.75, 3.05) is 13.1 Å². The van der Waals surface area contributed by atoms with Gasteiger partial charge in [0.05, 0.1) is 12.2 Å². The average Bonchev–Trinajstić information content (AvgIpc) is 2.81. The largest absolute Gasteiger partial charge is 0.481 e. The molecule has 2 amide bonds. The molecule has 1 atom stereocenters. The second-order valence-electron chi connectivity index (χ2n) is 4.04. The van der Waals surface area contributed by atoms with E-state index in [0.29, 0.717) is 25.9 Å². The molecule has 1 unspecified atom stereocenters. The molecule has 6 heteroatoms. The Labute approximate surface area is 105 Å². The number of nitrogens with one attached hydrogen (secondary N) is 2. The summed E-state index contributed by atoms with van der Waals surface area (Å²) in [7, 11) is 0. The van der Waals surface area contributed by atoms with Gasteiger partial charge in [0.1, 0.15) is 5.76 Å². The molecule has 1 aromatic rings. The minimum Gasteiger partial charge on any atom is -0.481 e. The number of carbonyl (C=O) groups is 2. The number of amides is 2. The molecule has 1 heterocycles. The first kappa shape index (κ1) is 14.1. The van der Waals surface area contributed by atoms with Gasteiger partial charge in [-0.25, -0.2) is 4.79 Å². The first-order chi connectivity index (χ1) is 8.59. The van der Waals surface area contributed by atoms with Crippen molar-refractivity contribution in [3.63, 3.8) is 0 Å². The third kappa shape index (κ3) is 5.38. The van der Waals surface area contributed by atoms with Crippen LogP contribution in [0.25, 0.3) is 0 Å². The summed E-state index contributed by atoms with van der Waals surface area (Å²) >= 11 is 0. The van der Waals surface area contributed by atoms with Gasteiger partial charge in [0.15, 0.2) is 0 Å². The maximum atomic E-state index is 11.3. The summed E-state index contributed by atoms with van der Waals surface area (Å²) in [5.74, 6) is -0.488. The summed E-state index contributed by atoms with van der Waals surface area (Å²) in [6.07, 6.45) is 2.63. The van der Waals surface area contributed by atoms with Gasteiger partial charge in [-0.3, -0.25) is 4.79 Å². The third-order valence-corrected chi connectivity index (χ3v) is 2.52. The zero-order valence-corrected chi connectivity index (χ0v) is 10.3. The van der Waals surface area contributed by atoms with Crippen LogP contribution in [0.3, 0.4) is 0 Å². The van der Waals surface area contributed by atoms with Crippen LogP contribution >= 0.6 is 0 Å². The van der Waals surface area contributed by atoms with Crippen LogP contribution in [0.5, 0.6) is 0 Å². The lowest BCUT2D eigenvalue weighted by atomic mass is 10.1. The maximum absolute atomic E-state index is 11.3. The van der Waals surface area contributed by atoms with Gasteiger partial charge in [0, 0.05) is 19.5 Å². The fourth-order valence-electron chi connectivity index (χ4n) is 1.34. The highest BCUT2D eigenvalue weighted by Crippen LogP contribution is 2.00. The summed E-state index contributed by atoms with van der Waals surface area (Å²) in [6.45, 7) is 2.44. The molecule has 100 valence electrons. The molecule has 0 aliphatic rings. The minimum atomic E-state index is -0.852. The summed E-state index contributed by atoms with van der Waals surface area (Å²) in [5.41, 5.74) is 0. The Kier molecular flexibility index (Phi) is 5.76. The van der Waals surface area contributed by atoms with Crippen LogP contribution in [0, 0.1) is 5.92 Å². The minimum absolute atomic E-state index is 0.292. The molecule has 0 aliphatic heterocycles. The molecule has 1 rings (SSSR count). The second-order valence-corrected chi connectivity index (χ2v) is 4.04. The highest BCUT2D eigenvalue weighted by atomic mass is 16.4. The van der Waals surface area contributed by atoms with E-state index in [9.17, 15) is 9.59 Å². The van der Waals surface area contributed by atoms with E-state index in [1.807, 2.05) is 6.07 Å². The molecular formula is C12H18N2O4. The standard InChI is InChI=1S/C12H18N2O4/c1-9(11(15)16)4-6-13-12(17)14-7-5-10-3-2-8-18-10/h2-3,8-9H,4-7H2,1H3,(H,15,16)(H2,13,14,17). The van der Waals surface area contributed by atoms with Crippen LogP contribution < -0.4 is 10.6 Å². The normalized spacial score (nSPS) is 11.8. The Morgan fingerprint density at radius 1 is 1.39 bits per heavy atom. The van der Waals surface area contributed by atoms with Crippen LogP contribution in [-0.4, -0.2) is 30.2 Å². The Bertz CT molecular complexity index is 375. The van der Waals surface area contributed by atoms with Crippen molar-refractivity contribution in [2.24, 2.45) is 5.92 Å². The molecule has 0 saturated carbocycles. The lowest BCUT2D eigenvalue weighted by Gasteiger charge is -2.08. The molecule has 6 nitrogen and oxygen atoms in total. The van der Waals surface area contributed by atoms with Crippen molar-refractivity contribution in [3.8, 4) is 0 Å². The monoisotopic (exact) mass is 254 g/mol. The Balaban J connectivity index is 2.05. The number of carboxylic acid groups (broad SMARTS) is 1. The first-order valence-electron chi connectivity index (χ1n) is 5.86. The van der Waals surface area contributed by atoms with Crippen LogP contribution in [0.1, 0.15) is 19.1 Å². The van der Waals surface area contributed by atoms with E-state index in [2.05, 4.69) is 10.6 Å². The van der Waals surface area contributed by atoms with E-state index in [-0.39, 0.29) is 6.03 Å². The van der Waals surface area contributed by atoms with Gasteiger partial charge in [-0.15, -0.1) is 0 Å². The summed E-state index contributed by atoms with van der Waals surface area (Å²) in [5, 5.41) is 13.9. The lowest BCUT2D eigenvalue weighted by Crippen LogP contribution is -2.37. The number of carbonyl (C=O) groups excluding carboxylic acids is 1. The molecule has 1 aromatic heterocycles. The molecule has 0 saturated heterocycles. The SMILES string of the molecule is CC(CCNC(=O)NCCc1ccco1)C(=O)O. The number of rotatable bonds is 7. The number of hydrogen-bond acceptors (Lipinski definition) is 3. The number of carboxylic acids is 1. The molecule has 18 heavy (non-hydrogen) atoms. The predicted octanol–water partition coefficient (Wildman–Crippen LogP) is 1.23. The van der Waals surface area contributed by atoms with Gasteiger partial charge in [0.25, 0.3) is 0 Å². The van der Waals surface area contributed by atoms with Gasteiger partial charge < -0.3 is 20.2 Å². The molecule has 0 spiro atoms. The molecule has 0 radical (unpaired) electrons. The molecule has 0 fully saturated rings. The molecular weight excluding hydrogens is 236 g/mol. The van der Waals surface area contributed by atoms with Crippen LogP contribution in [0.4, 0.5) is 4.79 Å². The summed E-state index contributed by atoms with van der Waals surface area (Å²) in [6, 6.07) is 3.34. The molecule has 0 aromatic carbocycles. The van der Waals surface area contributed by atoms with Crippen LogP contribution in [0.2, 0.25) is 0 Å². The van der Waals surface area contributed by atoms with Gasteiger partial charge in [-0.1, -0.05) is 6.92 Å².